The summed E-state index contributed by atoms with van der Waals surface area (Å²) in [4.78, 5) is 23.4. The van der Waals surface area contributed by atoms with Crippen molar-refractivity contribution < 1.29 is 4.79 Å². The maximum Gasteiger partial charge on any atom is 0.264 e. The number of para-hydroxylation sites is 1. The minimum absolute atomic E-state index is 0.124. The van der Waals surface area contributed by atoms with Crippen molar-refractivity contribution in [3.8, 4) is 0 Å². The van der Waals surface area contributed by atoms with Gasteiger partial charge in [0.25, 0.3) is 5.91 Å². The number of benzene rings is 2. The van der Waals surface area contributed by atoms with Gasteiger partial charge in [0.2, 0.25) is 0 Å². The van der Waals surface area contributed by atoms with Crippen LogP contribution in [0.3, 0.4) is 0 Å². The highest BCUT2D eigenvalue weighted by Crippen LogP contribution is 2.39. The monoisotopic (exact) mass is 369 g/mol. The first-order chi connectivity index (χ1) is 13.7. The van der Waals surface area contributed by atoms with Crippen LogP contribution in [0.25, 0.3) is 11.0 Å². The van der Waals surface area contributed by atoms with Crippen LogP contribution in [-0.2, 0) is 0 Å². The van der Waals surface area contributed by atoms with Crippen molar-refractivity contribution in [1.82, 2.24) is 25.3 Å². The third-order valence-electron chi connectivity index (χ3n) is 5.26. The molecular formula is C22H19N5O. The fourth-order valence-electron chi connectivity index (χ4n) is 3.97. The van der Waals surface area contributed by atoms with Crippen LogP contribution >= 0.6 is 0 Å². The number of nitrogens with one attached hydrogen (secondary N) is 1. The van der Waals surface area contributed by atoms with Gasteiger partial charge in [0, 0.05) is 37.8 Å². The van der Waals surface area contributed by atoms with Crippen molar-refractivity contribution in [2.45, 2.75) is 6.04 Å². The Morgan fingerprint density at radius 3 is 2.71 bits per heavy atom. The molecule has 1 saturated heterocycles. The molecule has 1 amide bonds. The second kappa shape index (κ2) is 6.58. The average molecular weight is 369 g/mol. The van der Waals surface area contributed by atoms with Crippen LogP contribution in [0.4, 0.5) is 0 Å². The van der Waals surface area contributed by atoms with Crippen molar-refractivity contribution in [2.24, 2.45) is 5.92 Å². The normalized spacial score (nSPS) is 21.3. The molecule has 3 aromatic rings. The highest BCUT2D eigenvalue weighted by Gasteiger charge is 2.37. The van der Waals surface area contributed by atoms with E-state index in [2.05, 4.69) is 50.7 Å². The SMILES string of the molecule is CN1NC2=CN(C(=O)c3cccc4nccnc34)C=CC2C1c1ccccc1. The van der Waals surface area contributed by atoms with E-state index in [9.17, 15) is 4.79 Å². The Bertz CT molecular complexity index is 1100. The number of amides is 1. The molecule has 0 bridgehead atoms. The molecule has 0 aliphatic carbocycles. The molecule has 6 nitrogen and oxygen atoms in total. The summed E-state index contributed by atoms with van der Waals surface area (Å²) in [5.74, 6) is 0.0460. The number of hydrazine groups is 1. The molecular weight excluding hydrogens is 350 g/mol. The van der Waals surface area contributed by atoms with Gasteiger partial charge < -0.3 is 5.43 Å². The molecule has 28 heavy (non-hydrogen) atoms. The Hall–Kier alpha value is -3.51. The lowest BCUT2D eigenvalue weighted by atomic mass is 9.91. The van der Waals surface area contributed by atoms with E-state index in [-0.39, 0.29) is 17.9 Å². The topological polar surface area (TPSA) is 61.4 Å². The highest BCUT2D eigenvalue weighted by molar-refractivity contribution is 6.05. The first kappa shape index (κ1) is 16.6. The minimum Gasteiger partial charge on any atom is -0.320 e. The van der Waals surface area contributed by atoms with Gasteiger partial charge in [-0.15, -0.1) is 0 Å². The van der Waals surface area contributed by atoms with E-state index < -0.39 is 0 Å². The molecule has 5 rings (SSSR count). The van der Waals surface area contributed by atoms with Crippen molar-refractivity contribution in [3.05, 3.63) is 96.2 Å². The molecule has 1 aromatic heterocycles. The minimum atomic E-state index is -0.124. The first-order valence-corrected chi connectivity index (χ1v) is 9.19. The van der Waals surface area contributed by atoms with Gasteiger partial charge in [-0.3, -0.25) is 19.7 Å². The summed E-state index contributed by atoms with van der Waals surface area (Å²) in [6.45, 7) is 0. The van der Waals surface area contributed by atoms with E-state index in [1.807, 2.05) is 37.6 Å². The van der Waals surface area contributed by atoms with E-state index in [4.69, 9.17) is 0 Å². The molecule has 2 unspecified atom stereocenters. The van der Waals surface area contributed by atoms with E-state index in [0.29, 0.717) is 16.6 Å². The van der Waals surface area contributed by atoms with Crippen LogP contribution in [0.2, 0.25) is 0 Å². The number of rotatable bonds is 2. The Kier molecular flexibility index (Phi) is 3.91. The summed E-state index contributed by atoms with van der Waals surface area (Å²) in [7, 11) is 2.02. The van der Waals surface area contributed by atoms with Crippen molar-refractivity contribution in [3.63, 3.8) is 0 Å². The summed E-state index contributed by atoms with van der Waals surface area (Å²) >= 11 is 0. The van der Waals surface area contributed by atoms with Gasteiger partial charge in [0.05, 0.1) is 22.8 Å². The van der Waals surface area contributed by atoms with Gasteiger partial charge >= 0.3 is 0 Å². The summed E-state index contributed by atoms with van der Waals surface area (Å²) in [5.41, 5.74) is 7.50. The molecule has 6 heteroatoms. The molecule has 138 valence electrons. The predicted octanol–water partition coefficient (Wildman–Crippen LogP) is 3.25. The molecule has 3 heterocycles. The third kappa shape index (κ3) is 2.66. The number of hydrogen-bond donors (Lipinski definition) is 1. The lowest BCUT2D eigenvalue weighted by molar-refractivity contribution is 0.0867. The molecule has 2 aliphatic heterocycles. The Morgan fingerprint density at radius 1 is 1.04 bits per heavy atom. The molecule has 2 atom stereocenters. The molecule has 2 aliphatic rings. The van der Waals surface area contributed by atoms with Gasteiger partial charge in [-0.05, 0) is 17.7 Å². The summed E-state index contributed by atoms with van der Waals surface area (Å²) in [6.07, 6.45) is 9.05. The van der Waals surface area contributed by atoms with Crippen LogP contribution in [0.15, 0.2) is 85.1 Å². The van der Waals surface area contributed by atoms with Crippen molar-refractivity contribution >= 4 is 16.9 Å². The Labute approximate surface area is 162 Å². The number of nitrogens with zero attached hydrogens (tertiary/aromatic N) is 4. The van der Waals surface area contributed by atoms with Crippen LogP contribution in [-0.4, -0.2) is 32.8 Å². The van der Waals surface area contributed by atoms with Gasteiger partial charge in [0.1, 0.15) is 5.52 Å². The fourth-order valence-corrected chi connectivity index (χ4v) is 3.97. The summed E-state index contributed by atoms with van der Waals surface area (Å²) in [5, 5.41) is 2.09. The lowest BCUT2D eigenvalue weighted by Crippen LogP contribution is -2.28. The van der Waals surface area contributed by atoms with E-state index >= 15 is 0 Å². The van der Waals surface area contributed by atoms with Crippen LogP contribution in [0.1, 0.15) is 22.0 Å². The lowest BCUT2D eigenvalue weighted by Gasteiger charge is -2.24. The maximum atomic E-state index is 13.2. The Balaban J connectivity index is 1.47. The smallest absolute Gasteiger partial charge is 0.264 e. The second-order valence-corrected chi connectivity index (χ2v) is 6.97. The predicted molar refractivity (Wildman–Crippen MR) is 107 cm³/mol. The fraction of sp³-hybridized carbons (Fsp3) is 0.136. The summed E-state index contributed by atoms with van der Waals surface area (Å²) < 4.78 is 0. The molecule has 1 fully saturated rings. The van der Waals surface area contributed by atoms with Gasteiger partial charge in [-0.2, -0.15) is 0 Å². The number of carbonyl (C=O) groups is 1. The number of carbonyl (C=O) groups excluding carboxylic acids is 1. The molecule has 0 saturated carbocycles. The van der Waals surface area contributed by atoms with E-state index in [0.717, 1.165) is 5.70 Å². The zero-order valence-corrected chi connectivity index (χ0v) is 15.4. The standard InChI is InChI=1S/C22H19N5O/c1-26-21(15-6-3-2-4-7-15)16-10-13-27(14-19(16)25-26)22(28)17-8-5-9-18-20(17)24-12-11-23-18/h2-14,16,21,25H,1H3. The van der Waals surface area contributed by atoms with Crippen LogP contribution in [0, 0.1) is 5.92 Å². The molecule has 2 aromatic carbocycles. The van der Waals surface area contributed by atoms with Crippen molar-refractivity contribution in [1.29, 1.82) is 0 Å². The van der Waals surface area contributed by atoms with E-state index in [1.54, 1.807) is 23.4 Å². The van der Waals surface area contributed by atoms with Gasteiger partial charge in [0.15, 0.2) is 0 Å². The zero-order valence-electron chi connectivity index (χ0n) is 15.4. The molecule has 0 radical (unpaired) electrons. The highest BCUT2D eigenvalue weighted by atomic mass is 16.2. The number of fused-ring (bicyclic) bond motifs is 2. The van der Waals surface area contributed by atoms with Gasteiger partial charge in [-0.1, -0.05) is 42.5 Å². The van der Waals surface area contributed by atoms with Crippen LogP contribution in [0.5, 0.6) is 0 Å². The van der Waals surface area contributed by atoms with Gasteiger partial charge in [-0.25, -0.2) is 5.01 Å². The second-order valence-electron chi connectivity index (χ2n) is 6.97. The quantitative estimate of drug-likeness (QED) is 0.751. The number of aromatic nitrogens is 2. The summed E-state index contributed by atoms with van der Waals surface area (Å²) in [6, 6.07) is 16.1. The zero-order chi connectivity index (χ0) is 19.1. The molecule has 0 spiro atoms. The third-order valence-corrected chi connectivity index (χ3v) is 5.26. The largest absolute Gasteiger partial charge is 0.320 e. The average Bonchev–Trinajstić information content (AvgIpc) is 3.08. The maximum absolute atomic E-state index is 13.2. The van der Waals surface area contributed by atoms with Crippen LogP contribution < -0.4 is 5.43 Å². The molecule has 1 N–H and O–H groups in total. The Morgan fingerprint density at radius 2 is 1.86 bits per heavy atom. The van der Waals surface area contributed by atoms with E-state index in [1.165, 1.54) is 5.56 Å². The number of hydrogen-bond acceptors (Lipinski definition) is 5. The first-order valence-electron chi connectivity index (χ1n) is 9.19. The van der Waals surface area contributed by atoms with Crippen molar-refractivity contribution in [2.75, 3.05) is 7.05 Å².